The fourth-order valence-electron chi connectivity index (χ4n) is 5.17. The molecule has 4 rings (SSSR count). The fraction of sp³-hybridized carbons (Fsp3) is 0.652. The highest BCUT2D eigenvalue weighted by molar-refractivity contribution is 14.0. The van der Waals surface area contributed by atoms with Gasteiger partial charge in [0.05, 0.1) is 0 Å². The van der Waals surface area contributed by atoms with Crippen molar-refractivity contribution in [3.63, 3.8) is 0 Å². The number of piperidine rings is 1. The van der Waals surface area contributed by atoms with Gasteiger partial charge in [-0.2, -0.15) is 0 Å². The van der Waals surface area contributed by atoms with E-state index in [0.717, 1.165) is 57.9 Å². The summed E-state index contributed by atoms with van der Waals surface area (Å²) in [5.74, 6) is 2.42. The molecule has 3 aliphatic rings. The second kappa shape index (κ2) is 10.8. The first-order valence-electron chi connectivity index (χ1n) is 11.2. The number of fused-ring (bicyclic) bond motifs is 1. The normalized spacial score (nSPS) is 24.7. The number of benzene rings is 1. The van der Waals surface area contributed by atoms with E-state index in [1.807, 2.05) is 11.9 Å². The molecule has 3 heterocycles. The minimum Gasteiger partial charge on any atom is -0.356 e. The van der Waals surface area contributed by atoms with Crippen LogP contribution in [0.25, 0.3) is 0 Å². The van der Waals surface area contributed by atoms with Crippen molar-refractivity contribution in [3.05, 3.63) is 29.8 Å². The van der Waals surface area contributed by atoms with Gasteiger partial charge in [-0.25, -0.2) is 0 Å². The number of carbonyl (C=O) groups excluding carboxylic acids is 1. The first-order valence-corrected chi connectivity index (χ1v) is 11.2. The minimum atomic E-state index is 0. The molecule has 0 aliphatic carbocycles. The molecular formula is C23H36IN5O. The third-order valence-corrected chi connectivity index (χ3v) is 6.73. The number of rotatable bonds is 5. The van der Waals surface area contributed by atoms with Crippen LogP contribution in [0.4, 0.5) is 5.69 Å². The molecule has 1 N–H and O–H groups in total. The first-order chi connectivity index (χ1) is 14.2. The molecule has 166 valence electrons. The first kappa shape index (κ1) is 23.3. The van der Waals surface area contributed by atoms with Gasteiger partial charge in [-0.05, 0) is 56.8 Å². The van der Waals surface area contributed by atoms with Crippen LogP contribution >= 0.6 is 24.0 Å². The third-order valence-electron chi connectivity index (χ3n) is 6.73. The summed E-state index contributed by atoms with van der Waals surface area (Å²) in [5.41, 5.74) is 2.65. The summed E-state index contributed by atoms with van der Waals surface area (Å²) in [7, 11) is 4.10. The molecule has 0 radical (unpaired) electrons. The predicted molar refractivity (Wildman–Crippen MR) is 134 cm³/mol. The Hall–Kier alpha value is -1.35. The van der Waals surface area contributed by atoms with E-state index in [4.69, 9.17) is 0 Å². The molecule has 0 spiro atoms. The molecule has 3 aliphatic heterocycles. The van der Waals surface area contributed by atoms with Crippen LogP contribution in [0.2, 0.25) is 0 Å². The zero-order valence-corrected chi connectivity index (χ0v) is 20.7. The maximum Gasteiger partial charge on any atom is 0.222 e. The number of aliphatic imine (C=N–C) groups is 1. The van der Waals surface area contributed by atoms with Gasteiger partial charge >= 0.3 is 0 Å². The number of carbonyl (C=O) groups is 1. The highest BCUT2D eigenvalue weighted by atomic mass is 127. The molecule has 7 heteroatoms. The number of likely N-dealkylation sites (tertiary alicyclic amines) is 2. The topological polar surface area (TPSA) is 51.2 Å². The van der Waals surface area contributed by atoms with Crippen LogP contribution in [0.3, 0.4) is 0 Å². The second-order valence-corrected chi connectivity index (χ2v) is 8.84. The Morgan fingerprint density at radius 1 is 1.20 bits per heavy atom. The van der Waals surface area contributed by atoms with E-state index in [2.05, 4.69) is 51.4 Å². The highest BCUT2D eigenvalue weighted by Gasteiger charge is 2.32. The predicted octanol–water partition coefficient (Wildman–Crippen LogP) is 3.14. The Labute approximate surface area is 198 Å². The maximum atomic E-state index is 12.0. The quantitative estimate of drug-likeness (QED) is 0.365. The molecule has 0 bridgehead atoms. The molecule has 1 amide bonds. The number of hydrogen-bond donors (Lipinski definition) is 1. The van der Waals surface area contributed by atoms with E-state index >= 15 is 0 Å². The van der Waals surface area contributed by atoms with Crippen LogP contribution in [-0.2, 0) is 4.79 Å². The number of nitrogens with zero attached hydrogens (tertiary/aromatic N) is 4. The van der Waals surface area contributed by atoms with Crippen LogP contribution in [0.15, 0.2) is 29.3 Å². The third kappa shape index (κ3) is 5.28. The van der Waals surface area contributed by atoms with Gasteiger partial charge in [-0.15, -0.1) is 24.0 Å². The number of halogens is 1. The summed E-state index contributed by atoms with van der Waals surface area (Å²) in [6, 6.07) is 8.69. The van der Waals surface area contributed by atoms with Crippen LogP contribution < -0.4 is 10.2 Å². The van der Waals surface area contributed by atoms with E-state index in [1.165, 1.54) is 30.6 Å². The average molecular weight is 525 g/mol. The number of para-hydroxylation sites is 1. The number of hydrogen-bond acceptors (Lipinski definition) is 3. The van der Waals surface area contributed by atoms with Crippen molar-refractivity contribution in [2.45, 2.75) is 38.0 Å². The van der Waals surface area contributed by atoms with Crippen molar-refractivity contribution in [2.75, 3.05) is 58.3 Å². The molecule has 1 aromatic carbocycles. The van der Waals surface area contributed by atoms with Crippen molar-refractivity contribution in [3.8, 4) is 0 Å². The Bertz CT molecular complexity index is 755. The van der Waals surface area contributed by atoms with Crippen LogP contribution in [-0.4, -0.2) is 75.0 Å². The second-order valence-electron chi connectivity index (χ2n) is 8.84. The van der Waals surface area contributed by atoms with Gasteiger partial charge in [0.2, 0.25) is 5.91 Å². The Balaban J connectivity index is 0.00000256. The lowest BCUT2D eigenvalue weighted by atomic mass is 9.98. The molecule has 2 atom stereocenters. The largest absolute Gasteiger partial charge is 0.356 e. The van der Waals surface area contributed by atoms with E-state index in [9.17, 15) is 4.79 Å². The smallest absolute Gasteiger partial charge is 0.222 e. The summed E-state index contributed by atoms with van der Waals surface area (Å²) in [6.45, 7) is 6.08. The summed E-state index contributed by atoms with van der Waals surface area (Å²) in [5, 5.41) is 3.65. The van der Waals surface area contributed by atoms with Gasteiger partial charge in [0.15, 0.2) is 5.96 Å². The Kier molecular flexibility index (Phi) is 8.39. The Morgan fingerprint density at radius 2 is 2.03 bits per heavy atom. The molecule has 2 unspecified atom stereocenters. The number of anilines is 1. The number of nitrogens with one attached hydrogen (secondary N) is 1. The van der Waals surface area contributed by atoms with Crippen LogP contribution in [0, 0.1) is 5.92 Å². The molecule has 0 aromatic heterocycles. The Morgan fingerprint density at radius 3 is 2.77 bits per heavy atom. The van der Waals surface area contributed by atoms with E-state index in [1.54, 1.807) is 0 Å². The lowest BCUT2D eigenvalue weighted by Crippen LogP contribution is -2.45. The van der Waals surface area contributed by atoms with E-state index in [-0.39, 0.29) is 24.0 Å². The number of amides is 1. The van der Waals surface area contributed by atoms with Gasteiger partial charge in [0.1, 0.15) is 0 Å². The van der Waals surface area contributed by atoms with Crippen LogP contribution in [0.5, 0.6) is 0 Å². The van der Waals surface area contributed by atoms with Crippen molar-refractivity contribution in [1.29, 1.82) is 0 Å². The molecule has 2 saturated heterocycles. The monoisotopic (exact) mass is 525 g/mol. The molecule has 1 aromatic rings. The van der Waals surface area contributed by atoms with E-state index in [0.29, 0.717) is 17.7 Å². The summed E-state index contributed by atoms with van der Waals surface area (Å²) < 4.78 is 0. The maximum absolute atomic E-state index is 12.0. The summed E-state index contributed by atoms with van der Waals surface area (Å²) >= 11 is 0. The molecule has 2 fully saturated rings. The van der Waals surface area contributed by atoms with Crippen LogP contribution in [0.1, 0.15) is 43.6 Å². The SMILES string of the molecule is CN=C(NCC1CCCN(C)C1)N1CC(CCN2CCCC2=O)c2ccccc21.I. The molecular weight excluding hydrogens is 489 g/mol. The van der Waals surface area contributed by atoms with E-state index < -0.39 is 0 Å². The standard InChI is InChI=1S/C23H35N5O.HI/c1-24-23(25-15-18-7-5-12-26(2)16-18)28-17-19(20-8-3-4-9-21(20)28)11-14-27-13-6-10-22(27)29;/h3-4,8-9,18-19H,5-7,10-17H2,1-2H3,(H,24,25);1H. The zero-order chi connectivity index (χ0) is 20.2. The molecule has 6 nitrogen and oxygen atoms in total. The highest BCUT2D eigenvalue weighted by Crippen LogP contribution is 2.38. The minimum absolute atomic E-state index is 0. The van der Waals surface area contributed by atoms with Crippen molar-refractivity contribution in [2.24, 2.45) is 10.9 Å². The van der Waals surface area contributed by atoms with Gasteiger partial charge in [-0.1, -0.05) is 18.2 Å². The lowest BCUT2D eigenvalue weighted by Gasteiger charge is -2.31. The van der Waals surface area contributed by atoms with Gasteiger partial charge in [-0.3, -0.25) is 9.79 Å². The molecule has 30 heavy (non-hydrogen) atoms. The van der Waals surface area contributed by atoms with Crippen molar-refractivity contribution < 1.29 is 4.79 Å². The van der Waals surface area contributed by atoms with Gasteiger partial charge < -0.3 is 20.0 Å². The number of guanidine groups is 1. The average Bonchev–Trinajstić information content (AvgIpc) is 3.31. The fourth-order valence-corrected chi connectivity index (χ4v) is 5.17. The zero-order valence-electron chi connectivity index (χ0n) is 18.3. The lowest BCUT2D eigenvalue weighted by molar-refractivity contribution is -0.127. The summed E-state index contributed by atoms with van der Waals surface area (Å²) in [6.07, 6.45) is 5.33. The summed E-state index contributed by atoms with van der Waals surface area (Å²) in [4.78, 5) is 23.4. The van der Waals surface area contributed by atoms with Crippen molar-refractivity contribution >= 4 is 41.5 Å². The van der Waals surface area contributed by atoms with Gasteiger partial charge in [0.25, 0.3) is 0 Å². The van der Waals surface area contributed by atoms with Gasteiger partial charge in [0, 0.05) is 57.8 Å². The molecule has 0 saturated carbocycles. The van der Waals surface area contributed by atoms with Crippen molar-refractivity contribution in [1.82, 2.24) is 15.1 Å².